The predicted octanol–water partition coefficient (Wildman–Crippen LogP) is 4.51. The van der Waals surface area contributed by atoms with Crippen LogP contribution in [0.2, 0.25) is 0 Å². The van der Waals surface area contributed by atoms with E-state index in [1.165, 1.54) is 7.11 Å². The summed E-state index contributed by atoms with van der Waals surface area (Å²) in [5, 5.41) is 0. The van der Waals surface area contributed by atoms with Crippen molar-refractivity contribution in [3.63, 3.8) is 0 Å². The van der Waals surface area contributed by atoms with Gasteiger partial charge in [-0.25, -0.2) is 0 Å². The van der Waals surface area contributed by atoms with E-state index in [4.69, 9.17) is 18.9 Å². The van der Waals surface area contributed by atoms with Crippen molar-refractivity contribution in [1.82, 2.24) is 0 Å². The Kier molecular flexibility index (Phi) is 8.87. The number of carbonyl (C=O) groups excluding carboxylic acids is 3. The van der Waals surface area contributed by atoms with E-state index in [0.717, 1.165) is 37.7 Å². The molecule has 0 bridgehead atoms. The minimum Gasteiger partial charge on any atom is -0.497 e. The van der Waals surface area contributed by atoms with Crippen LogP contribution in [0.4, 0.5) is 0 Å². The van der Waals surface area contributed by atoms with Crippen LogP contribution in [0.25, 0.3) is 0 Å². The predicted molar refractivity (Wildman–Crippen MR) is 121 cm³/mol. The number of benzene rings is 2. The Morgan fingerprint density at radius 1 is 0.848 bits per heavy atom. The molecule has 0 N–H and O–H groups in total. The van der Waals surface area contributed by atoms with E-state index in [-0.39, 0.29) is 19.1 Å². The molecule has 0 aliphatic heterocycles. The molecule has 1 saturated carbocycles. The zero-order valence-corrected chi connectivity index (χ0v) is 19.1. The van der Waals surface area contributed by atoms with Crippen molar-refractivity contribution in [3.8, 4) is 11.5 Å². The molecule has 0 spiro atoms. The topological polar surface area (TPSA) is 88.1 Å². The van der Waals surface area contributed by atoms with Crippen molar-refractivity contribution < 1.29 is 33.3 Å². The summed E-state index contributed by atoms with van der Waals surface area (Å²) in [5.41, 5.74) is 1.04. The van der Waals surface area contributed by atoms with Crippen LogP contribution >= 0.6 is 0 Å². The highest BCUT2D eigenvalue weighted by Crippen LogP contribution is 2.23. The second kappa shape index (κ2) is 12.0. The van der Waals surface area contributed by atoms with Gasteiger partial charge in [0.05, 0.1) is 20.6 Å². The number of hydrogen-bond acceptors (Lipinski definition) is 7. The Morgan fingerprint density at radius 2 is 1.42 bits per heavy atom. The minimum absolute atomic E-state index is 0.0209. The van der Waals surface area contributed by atoms with Crippen molar-refractivity contribution in [2.45, 2.75) is 51.2 Å². The SMILES string of the molecule is COc1ccc(COC(=O)[C@@H](CC(=O)OC2CCCCC2)C(=O)c2ccc(OC)cc2)cc1. The molecule has 2 aromatic carbocycles. The second-order valence-corrected chi connectivity index (χ2v) is 8.06. The molecule has 0 unspecified atom stereocenters. The van der Waals surface area contributed by atoms with Crippen molar-refractivity contribution >= 4 is 17.7 Å². The summed E-state index contributed by atoms with van der Waals surface area (Å²) in [6, 6.07) is 13.4. The van der Waals surface area contributed by atoms with E-state index in [0.29, 0.717) is 17.1 Å². The highest BCUT2D eigenvalue weighted by Gasteiger charge is 2.33. The molecule has 1 aliphatic carbocycles. The number of ketones is 1. The van der Waals surface area contributed by atoms with Gasteiger partial charge in [-0.1, -0.05) is 18.6 Å². The molecule has 0 amide bonds. The standard InChI is InChI=1S/C26H30O7/c1-30-20-12-8-18(9-13-20)17-32-26(29)23(16-24(27)33-22-6-4-3-5-7-22)25(28)19-10-14-21(31-2)15-11-19/h8-15,22-23H,3-7,16-17H2,1-2H3/t23-/m0/s1. The molecule has 0 aromatic heterocycles. The van der Waals surface area contributed by atoms with Gasteiger partial charge in [0, 0.05) is 5.56 Å². The Hall–Kier alpha value is -3.35. The van der Waals surface area contributed by atoms with Gasteiger partial charge in [0.25, 0.3) is 0 Å². The van der Waals surface area contributed by atoms with Crippen molar-refractivity contribution in [2.75, 3.05) is 14.2 Å². The van der Waals surface area contributed by atoms with Crippen LogP contribution in [-0.4, -0.2) is 38.0 Å². The first-order valence-corrected chi connectivity index (χ1v) is 11.2. The van der Waals surface area contributed by atoms with Gasteiger partial charge in [0.15, 0.2) is 5.78 Å². The number of methoxy groups -OCH3 is 2. The third kappa shape index (κ3) is 7.07. The number of rotatable bonds is 10. The maximum atomic E-state index is 13.1. The van der Waals surface area contributed by atoms with Gasteiger partial charge in [0.2, 0.25) is 0 Å². The van der Waals surface area contributed by atoms with Gasteiger partial charge in [-0.2, -0.15) is 0 Å². The molecular formula is C26H30O7. The summed E-state index contributed by atoms with van der Waals surface area (Å²) >= 11 is 0. The summed E-state index contributed by atoms with van der Waals surface area (Å²) in [6.45, 7) is -0.0209. The van der Waals surface area contributed by atoms with E-state index in [2.05, 4.69) is 0 Å². The zero-order valence-electron chi connectivity index (χ0n) is 19.1. The molecule has 0 radical (unpaired) electrons. The number of Topliss-reactive ketones (excluding diaryl/α,β-unsaturated/α-hetero) is 1. The van der Waals surface area contributed by atoms with Gasteiger partial charge in [-0.3, -0.25) is 14.4 Å². The second-order valence-electron chi connectivity index (χ2n) is 8.06. The lowest BCUT2D eigenvalue weighted by atomic mass is 9.94. The molecule has 1 atom stereocenters. The normalized spacial score (nSPS) is 14.7. The molecule has 0 heterocycles. The summed E-state index contributed by atoms with van der Waals surface area (Å²) in [7, 11) is 3.09. The lowest BCUT2D eigenvalue weighted by Gasteiger charge is -2.23. The summed E-state index contributed by atoms with van der Waals surface area (Å²) in [5.74, 6) is -1.82. The van der Waals surface area contributed by atoms with Crippen LogP contribution in [0.3, 0.4) is 0 Å². The number of hydrogen-bond donors (Lipinski definition) is 0. The molecule has 33 heavy (non-hydrogen) atoms. The fourth-order valence-electron chi connectivity index (χ4n) is 3.80. The zero-order chi connectivity index (χ0) is 23.6. The average Bonchev–Trinajstić information content (AvgIpc) is 2.86. The monoisotopic (exact) mass is 454 g/mol. The lowest BCUT2D eigenvalue weighted by molar-refractivity contribution is -0.157. The maximum absolute atomic E-state index is 13.1. The minimum atomic E-state index is -1.28. The fourth-order valence-corrected chi connectivity index (χ4v) is 3.80. The Morgan fingerprint density at radius 3 is 2.00 bits per heavy atom. The van der Waals surface area contributed by atoms with Crippen LogP contribution in [-0.2, 0) is 25.7 Å². The van der Waals surface area contributed by atoms with Crippen molar-refractivity contribution in [2.24, 2.45) is 5.92 Å². The Bertz CT molecular complexity index is 928. The molecule has 7 heteroatoms. The molecule has 3 rings (SSSR count). The first kappa shape index (κ1) is 24.3. The molecule has 1 fully saturated rings. The van der Waals surface area contributed by atoms with Crippen LogP contribution in [0, 0.1) is 5.92 Å². The molecular weight excluding hydrogens is 424 g/mol. The van der Waals surface area contributed by atoms with Crippen LogP contribution in [0.1, 0.15) is 54.4 Å². The Balaban J connectivity index is 1.70. The van der Waals surface area contributed by atoms with Crippen LogP contribution < -0.4 is 9.47 Å². The highest BCUT2D eigenvalue weighted by molar-refractivity contribution is 6.10. The summed E-state index contributed by atoms with van der Waals surface area (Å²) < 4.78 is 21.2. The van der Waals surface area contributed by atoms with Crippen molar-refractivity contribution in [3.05, 3.63) is 59.7 Å². The van der Waals surface area contributed by atoms with Crippen molar-refractivity contribution in [1.29, 1.82) is 0 Å². The van der Waals surface area contributed by atoms with Crippen LogP contribution in [0.5, 0.6) is 11.5 Å². The molecule has 176 valence electrons. The molecule has 0 saturated heterocycles. The largest absolute Gasteiger partial charge is 0.497 e. The third-order valence-corrected chi connectivity index (χ3v) is 5.74. The quantitative estimate of drug-likeness (QED) is 0.296. The van der Waals surface area contributed by atoms with Gasteiger partial charge < -0.3 is 18.9 Å². The van der Waals surface area contributed by atoms with E-state index < -0.39 is 23.6 Å². The lowest BCUT2D eigenvalue weighted by Crippen LogP contribution is -2.31. The van der Waals surface area contributed by atoms with Gasteiger partial charge >= 0.3 is 11.9 Å². The molecule has 7 nitrogen and oxygen atoms in total. The average molecular weight is 455 g/mol. The summed E-state index contributed by atoms with van der Waals surface area (Å²) in [4.78, 5) is 38.6. The number of carbonyl (C=O) groups is 3. The van der Waals surface area contributed by atoms with E-state index in [9.17, 15) is 14.4 Å². The molecule has 2 aromatic rings. The first-order valence-electron chi connectivity index (χ1n) is 11.2. The smallest absolute Gasteiger partial charge is 0.317 e. The fraction of sp³-hybridized carbons (Fsp3) is 0.423. The van der Waals surface area contributed by atoms with E-state index in [1.54, 1.807) is 55.6 Å². The van der Waals surface area contributed by atoms with Gasteiger partial charge in [-0.05, 0) is 67.6 Å². The number of ether oxygens (including phenoxy) is 4. The summed E-state index contributed by atoms with van der Waals surface area (Å²) in [6.07, 6.45) is 4.26. The highest BCUT2D eigenvalue weighted by atomic mass is 16.5. The van der Waals surface area contributed by atoms with Gasteiger partial charge in [-0.15, -0.1) is 0 Å². The molecule has 1 aliphatic rings. The maximum Gasteiger partial charge on any atom is 0.317 e. The Labute approximate surface area is 194 Å². The van der Waals surface area contributed by atoms with E-state index >= 15 is 0 Å². The third-order valence-electron chi connectivity index (χ3n) is 5.74. The van der Waals surface area contributed by atoms with Gasteiger partial charge in [0.1, 0.15) is 30.1 Å². The number of esters is 2. The van der Waals surface area contributed by atoms with Crippen LogP contribution in [0.15, 0.2) is 48.5 Å². The van der Waals surface area contributed by atoms with E-state index in [1.807, 2.05) is 0 Å². The first-order chi connectivity index (χ1) is 16.0.